The van der Waals surface area contributed by atoms with E-state index < -0.39 is 17.8 Å². The van der Waals surface area contributed by atoms with Crippen LogP contribution in [0, 0.1) is 0 Å². The van der Waals surface area contributed by atoms with Gasteiger partial charge in [-0.25, -0.2) is 0 Å². The molecule has 25 heavy (non-hydrogen) atoms. The van der Waals surface area contributed by atoms with Crippen LogP contribution in [-0.2, 0) is 6.18 Å². The van der Waals surface area contributed by atoms with Crippen LogP contribution in [-0.4, -0.2) is 19.2 Å². The molecule has 134 valence electrons. The van der Waals surface area contributed by atoms with E-state index >= 15 is 0 Å². The molecule has 0 bridgehead atoms. The smallest absolute Gasteiger partial charge is 0.416 e. The number of alkyl halides is 3. The highest BCUT2D eigenvalue weighted by atomic mass is 35.5. The number of nitrogens with one attached hydrogen (secondary N) is 1. The third-order valence-electron chi connectivity index (χ3n) is 3.93. The van der Waals surface area contributed by atoms with Gasteiger partial charge >= 0.3 is 6.18 Å². The molecule has 2 aromatic carbocycles. The fourth-order valence-electron chi connectivity index (χ4n) is 2.42. The Balaban J connectivity index is 1.79. The zero-order chi connectivity index (χ0) is 18.0. The summed E-state index contributed by atoms with van der Waals surface area (Å²) in [4.78, 5) is 0. The summed E-state index contributed by atoms with van der Waals surface area (Å²) < 4.78 is 50.3. The fraction of sp³-hybridized carbons (Fsp3) is 0.333. The van der Waals surface area contributed by atoms with Crippen LogP contribution < -0.4 is 14.8 Å². The molecule has 1 saturated heterocycles. The average Bonchev–Trinajstić information content (AvgIpc) is 2.52. The van der Waals surface area contributed by atoms with Gasteiger partial charge in [0.2, 0.25) is 0 Å². The molecule has 3 rings (SSSR count). The fourth-order valence-corrected chi connectivity index (χ4v) is 2.58. The van der Waals surface area contributed by atoms with Crippen LogP contribution in [0.1, 0.15) is 24.2 Å². The normalized spacial score (nSPS) is 16.2. The lowest BCUT2D eigenvalue weighted by Gasteiger charge is -2.29. The summed E-state index contributed by atoms with van der Waals surface area (Å²) in [6.45, 7) is 3.16. The minimum atomic E-state index is -4.39. The Morgan fingerprint density at radius 1 is 1.12 bits per heavy atom. The maximum Gasteiger partial charge on any atom is 0.416 e. The number of halogens is 4. The second-order valence-electron chi connectivity index (χ2n) is 5.87. The molecule has 1 atom stereocenters. The minimum Gasteiger partial charge on any atom is -0.484 e. The van der Waals surface area contributed by atoms with Gasteiger partial charge in [-0.2, -0.15) is 13.2 Å². The lowest BCUT2D eigenvalue weighted by Crippen LogP contribution is -2.50. The van der Waals surface area contributed by atoms with E-state index in [1.54, 1.807) is 31.2 Å². The summed E-state index contributed by atoms with van der Waals surface area (Å²) in [6, 6.07) is 10.1. The number of hydrogen-bond donors (Lipinski definition) is 1. The second kappa shape index (κ2) is 7.14. The molecule has 3 nitrogen and oxygen atoms in total. The van der Waals surface area contributed by atoms with Crippen LogP contribution in [0.15, 0.2) is 42.5 Å². The van der Waals surface area contributed by atoms with E-state index in [0.29, 0.717) is 22.1 Å². The molecule has 1 N–H and O–H groups in total. The Labute approximate surface area is 148 Å². The molecule has 0 spiro atoms. The van der Waals surface area contributed by atoms with Crippen LogP contribution in [0.5, 0.6) is 11.5 Å². The highest BCUT2D eigenvalue weighted by Crippen LogP contribution is 2.36. The molecule has 7 heteroatoms. The zero-order valence-corrected chi connectivity index (χ0v) is 14.2. The molecule has 0 amide bonds. The molecule has 1 aliphatic heterocycles. The molecule has 0 saturated carbocycles. The monoisotopic (exact) mass is 371 g/mol. The van der Waals surface area contributed by atoms with Crippen molar-refractivity contribution in [3.05, 3.63) is 58.6 Å². The van der Waals surface area contributed by atoms with Gasteiger partial charge in [-0.1, -0.05) is 23.7 Å². The summed E-state index contributed by atoms with van der Waals surface area (Å²) in [5, 5.41) is 3.60. The van der Waals surface area contributed by atoms with Gasteiger partial charge in [-0.05, 0) is 36.8 Å². The standard InChI is InChI=1S/C18H17ClF3NO2/c1-11(12-3-2-4-13(7-12)18(20,21)22)24-16-6-5-14(19)8-17(16)25-15-9-23-10-15/h2-8,11,15,23H,9-10H2,1H3/t11-/m0/s1. The quantitative estimate of drug-likeness (QED) is 0.815. The van der Waals surface area contributed by atoms with Crippen LogP contribution in [0.3, 0.4) is 0 Å². The van der Waals surface area contributed by atoms with E-state index in [4.69, 9.17) is 21.1 Å². The van der Waals surface area contributed by atoms with Gasteiger partial charge in [-0.15, -0.1) is 0 Å². The van der Waals surface area contributed by atoms with Crippen molar-refractivity contribution in [3.63, 3.8) is 0 Å². The molecule has 1 heterocycles. The van der Waals surface area contributed by atoms with Crippen LogP contribution in [0.25, 0.3) is 0 Å². The largest absolute Gasteiger partial charge is 0.484 e. The van der Waals surface area contributed by atoms with Crippen molar-refractivity contribution in [3.8, 4) is 11.5 Å². The third-order valence-corrected chi connectivity index (χ3v) is 4.17. The molecule has 0 unspecified atom stereocenters. The van der Waals surface area contributed by atoms with E-state index in [2.05, 4.69) is 5.32 Å². The van der Waals surface area contributed by atoms with Gasteiger partial charge < -0.3 is 14.8 Å². The minimum absolute atomic E-state index is 0.0321. The highest BCUT2D eigenvalue weighted by molar-refractivity contribution is 6.30. The first-order chi connectivity index (χ1) is 11.8. The predicted molar refractivity (Wildman–Crippen MR) is 89.2 cm³/mol. The Morgan fingerprint density at radius 2 is 1.88 bits per heavy atom. The van der Waals surface area contributed by atoms with Gasteiger partial charge in [0.15, 0.2) is 11.5 Å². The summed E-state index contributed by atoms with van der Waals surface area (Å²) >= 11 is 6.01. The van der Waals surface area contributed by atoms with E-state index in [9.17, 15) is 13.2 Å². The molecule has 0 aromatic heterocycles. The molecule has 0 radical (unpaired) electrons. The van der Waals surface area contributed by atoms with E-state index in [1.165, 1.54) is 6.07 Å². The van der Waals surface area contributed by atoms with Gasteiger partial charge in [0.1, 0.15) is 12.2 Å². The summed E-state index contributed by atoms with van der Waals surface area (Å²) in [5.41, 5.74) is -0.269. The second-order valence-corrected chi connectivity index (χ2v) is 6.31. The van der Waals surface area contributed by atoms with Crippen molar-refractivity contribution >= 4 is 11.6 Å². The first-order valence-corrected chi connectivity index (χ1v) is 8.21. The lowest BCUT2D eigenvalue weighted by molar-refractivity contribution is -0.137. The zero-order valence-electron chi connectivity index (χ0n) is 13.4. The van der Waals surface area contributed by atoms with Gasteiger partial charge in [0.25, 0.3) is 0 Å². The van der Waals surface area contributed by atoms with E-state index in [0.717, 1.165) is 25.2 Å². The topological polar surface area (TPSA) is 30.5 Å². The van der Waals surface area contributed by atoms with Gasteiger partial charge in [-0.3, -0.25) is 0 Å². The maximum atomic E-state index is 12.9. The molecular formula is C18H17ClF3NO2. The first-order valence-electron chi connectivity index (χ1n) is 7.83. The van der Waals surface area contributed by atoms with Crippen LogP contribution >= 0.6 is 11.6 Å². The van der Waals surface area contributed by atoms with Crippen molar-refractivity contribution in [1.29, 1.82) is 0 Å². The Hall–Kier alpha value is -1.92. The lowest BCUT2D eigenvalue weighted by atomic mass is 10.1. The van der Waals surface area contributed by atoms with Gasteiger partial charge in [0.05, 0.1) is 5.56 Å². The van der Waals surface area contributed by atoms with Crippen molar-refractivity contribution in [1.82, 2.24) is 5.32 Å². The van der Waals surface area contributed by atoms with E-state index in [1.807, 2.05) is 0 Å². The highest BCUT2D eigenvalue weighted by Gasteiger charge is 2.31. The Morgan fingerprint density at radius 3 is 2.52 bits per heavy atom. The Bertz CT molecular complexity index is 747. The summed E-state index contributed by atoms with van der Waals surface area (Å²) in [6.07, 6.45) is -4.93. The van der Waals surface area contributed by atoms with Crippen molar-refractivity contribution in [2.24, 2.45) is 0 Å². The van der Waals surface area contributed by atoms with Crippen LogP contribution in [0.4, 0.5) is 13.2 Å². The third kappa shape index (κ3) is 4.38. The summed E-state index contributed by atoms with van der Waals surface area (Å²) in [7, 11) is 0. The predicted octanol–water partition coefficient (Wildman–Crippen LogP) is 4.85. The number of hydrogen-bond acceptors (Lipinski definition) is 3. The molecule has 1 aliphatic rings. The number of rotatable bonds is 5. The number of ether oxygens (including phenoxy) is 2. The maximum absolute atomic E-state index is 12.9. The number of benzene rings is 2. The first kappa shape index (κ1) is 17.9. The molecular weight excluding hydrogens is 355 g/mol. The van der Waals surface area contributed by atoms with E-state index in [-0.39, 0.29) is 6.10 Å². The van der Waals surface area contributed by atoms with Gasteiger partial charge in [0, 0.05) is 24.2 Å². The van der Waals surface area contributed by atoms with Crippen molar-refractivity contribution in [2.45, 2.75) is 25.3 Å². The average molecular weight is 372 g/mol. The molecule has 1 fully saturated rings. The summed E-state index contributed by atoms with van der Waals surface area (Å²) in [5.74, 6) is 0.930. The molecule has 2 aromatic rings. The SMILES string of the molecule is C[C@H](Oc1ccc(Cl)cc1OC1CNC1)c1cccc(C(F)(F)F)c1. The van der Waals surface area contributed by atoms with Crippen LogP contribution in [0.2, 0.25) is 5.02 Å². The Kier molecular flexibility index (Phi) is 5.11. The molecule has 0 aliphatic carbocycles. The van der Waals surface area contributed by atoms with Crippen molar-refractivity contribution < 1.29 is 22.6 Å². The van der Waals surface area contributed by atoms with Crippen molar-refractivity contribution in [2.75, 3.05) is 13.1 Å².